The van der Waals surface area contributed by atoms with Gasteiger partial charge in [-0.2, -0.15) is 0 Å². The molecule has 0 aromatic heterocycles. The van der Waals surface area contributed by atoms with Crippen LogP contribution >= 0.6 is 15.9 Å². The van der Waals surface area contributed by atoms with E-state index < -0.39 is 11.4 Å². The minimum absolute atomic E-state index is 0.658. The highest BCUT2D eigenvalue weighted by atomic mass is 79.9. The van der Waals surface area contributed by atoms with E-state index in [9.17, 15) is 9.90 Å². The molecule has 0 amide bonds. The quantitative estimate of drug-likeness (QED) is 0.880. The molecule has 1 aromatic carbocycles. The van der Waals surface area contributed by atoms with E-state index in [0.29, 0.717) is 0 Å². The third-order valence-electron chi connectivity index (χ3n) is 5.03. The normalized spacial score (nSPS) is 21.5. The summed E-state index contributed by atoms with van der Waals surface area (Å²) >= 11 is 3.64. The van der Waals surface area contributed by atoms with E-state index in [0.717, 1.165) is 60.9 Å². The zero-order valence-corrected chi connectivity index (χ0v) is 13.9. The number of hydrogen-bond acceptors (Lipinski definition) is 2. The molecule has 0 unspecified atom stereocenters. The first kappa shape index (κ1) is 14.9. The second-order valence-electron chi connectivity index (χ2n) is 6.28. The summed E-state index contributed by atoms with van der Waals surface area (Å²) in [5.41, 5.74) is 1.43. The molecule has 1 aliphatic carbocycles. The highest BCUT2D eigenvalue weighted by molar-refractivity contribution is 9.10. The fourth-order valence-electron chi connectivity index (χ4n) is 3.93. The Hall–Kier alpha value is -1.03. The van der Waals surface area contributed by atoms with E-state index in [4.69, 9.17) is 0 Å². The van der Waals surface area contributed by atoms with Gasteiger partial charge in [0.15, 0.2) is 0 Å². The number of anilines is 1. The number of nitrogens with zero attached hydrogens (tertiary/aromatic N) is 1. The van der Waals surface area contributed by atoms with Crippen molar-refractivity contribution in [2.24, 2.45) is 0 Å². The van der Waals surface area contributed by atoms with Gasteiger partial charge in [-0.25, -0.2) is 0 Å². The second kappa shape index (κ2) is 5.99. The third-order valence-corrected chi connectivity index (χ3v) is 5.69. The minimum Gasteiger partial charge on any atom is -0.481 e. The van der Waals surface area contributed by atoms with Crippen LogP contribution in [-0.4, -0.2) is 24.2 Å². The summed E-state index contributed by atoms with van der Waals surface area (Å²) in [6.45, 7) is 2.08. The molecule has 1 saturated heterocycles. The molecular weight excluding hydrogens is 330 g/mol. The van der Waals surface area contributed by atoms with Gasteiger partial charge in [-0.05, 0) is 37.8 Å². The summed E-state index contributed by atoms with van der Waals surface area (Å²) in [7, 11) is 0. The van der Waals surface area contributed by atoms with Crippen LogP contribution in [0.2, 0.25) is 0 Å². The summed E-state index contributed by atoms with van der Waals surface area (Å²) in [4.78, 5) is 14.5. The molecule has 114 valence electrons. The second-order valence-corrected chi connectivity index (χ2v) is 7.13. The summed E-state index contributed by atoms with van der Waals surface area (Å²) in [5.74, 6) is -0.658. The van der Waals surface area contributed by atoms with Crippen molar-refractivity contribution in [3.63, 3.8) is 0 Å². The van der Waals surface area contributed by atoms with Gasteiger partial charge in [0.1, 0.15) is 0 Å². The maximum atomic E-state index is 12.2. The lowest BCUT2D eigenvalue weighted by atomic mass is 9.69. The van der Waals surface area contributed by atoms with Gasteiger partial charge in [0.25, 0.3) is 0 Å². The largest absolute Gasteiger partial charge is 0.481 e. The summed E-state index contributed by atoms with van der Waals surface area (Å²) in [5, 5.41) is 9.99. The molecule has 0 bridgehead atoms. The van der Waals surface area contributed by atoms with Crippen molar-refractivity contribution in [1.82, 2.24) is 0 Å². The first-order valence-electron chi connectivity index (χ1n) is 7.92. The smallest absolute Gasteiger partial charge is 0.314 e. The van der Waals surface area contributed by atoms with Crippen molar-refractivity contribution < 1.29 is 9.90 Å². The fourth-order valence-corrected chi connectivity index (χ4v) is 4.67. The van der Waals surface area contributed by atoms with E-state index in [-0.39, 0.29) is 0 Å². The van der Waals surface area contributed by atoms with Gasteiger partial charge in [-0.1, -0.05) is 41.3 Å². The standard InChI is InChI=1S/C17H22BrNO2/c18-13-7-6-8-14(19-11-4-5-12-19)15(13)17(16(20)21)9-2-1-3-10-17/h6-8H,1-5,9-12H2,(H,20,21). The molecule has 0 spiro atoms. The first-order valence-corrected chi connectivity index (χ1v) is 8.72. The van der Waals surface area contributed by atoms with Crippen LogP contribution in [0, 0.1) is 0 Å². The maximum Gasteiger partial charge on any atom is 0.314 e. The number of carbonyl (C=O) groups is 1. The SMILES string of the molecule is O=C(O)C1(c2c(Br)cccc2N2CCCC2)CCCCC1. The predicted molar refractivity (Wildman–Crippen MR) is 88.0 cm³/mol. The molecule has 4 heteroatoms. The van der Waals surface area contributed by atoms with E-state index >= 15 is 0 Å². The van der Waals surface area contributed by atoms with Gasteiger partial charge < -0.3 is 10.0 Å². The van der Waals surface area contributed by atoms with E-state index in [1.54, 1.807) is 0 Å². The Kier molecular flexibility index (Phi) is 4.25. The fraction of sp³-hybridized carbons (Fsp3) is 0.588. The third kappa shape index (κ3) is 2.59. The zero-order chi connectivity index (χ0) is 14.9. The van der Waals surface area contributed by atoms with Gasteiger partial charge in [-0.15, -0.1) is 0 Å². The van der Waals surface area contributed by atoms with Crippen molar-refractivity contribution in [2.75, 3.05) is 18.0 Å². The van der Waals surface area contributed by atoms with Crippen molar-refractivity contribution in [3.05, 3.63) is 28.2 Å². The van der Waals surface area contributed by atoms with Crippen LogP contribution in [-0.2, 0) is 10.2 Å². The number of aliphatic carboxylic acids is 1. The van der Waals surface area contributed by atoms with Gasteiger partial charge in [0.2, 0.25) is 0 Å². The lowest BCUT2D eigenvalue weighted by molar-refractivity contribution is -0.145. The Morgan fingerprint density at radius 3 is 2.38 bits per heavy atom. The van der Waals surface area contributed by atoms with Crippen molar-refractivity contribution >= 4 is 27.6 Å². The van der Waals surface area contributed by atoms with Gasteiger partial charge in [-0.3, -0.25) is 4.79 Å². The lowest BCUT2D eigenvalue weighted by Gasteiger charge is -2.37. The van der Waals surface area contributed by atoms with E-state index in [2.05, 4.69) is 26.9 Å². The number of benzene rings is 1. The van der Waals surface area contributed by atoms with Crippen LogP contribution in [0.5, 0.6) is 0 Å². The highest BCUT2D eigenvalue weighted by Crippen LogP contribution is 2.47. The summed E-state index contributed by atoms with van der Waals surface area (Å²) < 4.78 is 0.955. The monoisotopic (exact) mass is 351 g/mol. The molecule has 1 aromatic rings. The van der Waals surface area contributed by atoms with E-state index in [1.165, 1.54) is 12.8 Å². The Morgan fingerprint density at radius 1 is 1.10 bits per heavy atom. The van der Waals surface area contributed by atoms with Crippen molar-refractivity contribution in [1.29, 1.82) is 0 Å². The Bertz CT molecular complexity index is 532. The number of carboxylic acid groups (broad SMARTS) is 1. The molecule has 3 rings (SSSR count). The van der Waals surface area contributed by atoms with Crippen LogP contribution in [0.1, 0.15) is 50.5 Å². The van der Waals surface area contributed by atoms with Gasteiger partial charge >= 0.3 is 5.97 Å². The van der Waals surface area contributed by atoms with Gasteiger partial charge in [0.05, 0.1) is 5.41 Å². The minimum atomic E-state index is -0.712. The lowest BCUT2D eigenvalue weighted by Crippen LogP contribution is -2.39. The summed E-state index contributed by atoms with van der Waals surface area (Å²) in [6.07, 6.45) is 7.08. The van der Waals surface area contributed by atoms with Crippen molar-refractivity contribution in [3.8, 4) is 0 Å². The van der Waals surface area contributed by atoms with Crippen LogP contribution in [0.4, 0.5) is 5.69 Å². The Morgan fingerprint density at radius 2 is 1.76 bits per heavy atom. The number of rotatable bonds is 3. The molecule has 1 N–H and O–H groups in total. The van der Waals surface area contributed by atoms with Crippen LogP contribution in [0.25, 0.3) is 0 Å². The number of hydrogen-bond donors (Lipinski definition) is 1. The van der Waals surface area contributed by atoms with Crippen LogP contribution in [0.3, 0.4) is 0 Å². The first-order chi connectivity index (χ1) is 10.1. The Balaban J connectivity index is 2.12. The molecule has 1 aliphatic heterocycles. The van der Waals surface area contributed by atoms with Gasteiger partial charge in [0, 0.05) is 28.8 Å². The number of carboxylic acids is 1. The zero-order valence-electron chi connectivity index (χ0n) is 12.3. The molecule has 1 saturated carbocycles. The molecule has 2 fully saturated rings. The molecule has 21 heavy (non-hydrogen) atoms. The van der Waals surface area contributed by atoms with Crippen LogP contribution < -0.4 is 4.90 Å². The average molecular weight is 352 g/mol. The number of halogens is 1. The summed E-state index contributed by atoms with van der Waals surface area (Å²) in [6, 6.07) is 6.12. The average Bonchev–Trinajstić information content (AvgIpc) is 3.01. The molecule has 3 nitrogen and oxygen atoms in total. The molecular formula is C17H22BrNO2. The Labute approximate surface area is 134 Å². The van der Waals surface area contributed by atoms with Crippen LogP contribution in [0.15, 0.2) is 22.7 Å². The molecule has 0 radical (unpaired) electrons. The molecule has 0 atom stereocenters. The maximum absolute atomic E-state index is 12.2. The highest BCUT2D eigenvalue weighted by Gasteiger charge is 2.44. The van der Waals surface area contributed by atoms with Crippen molar-refractivity contribution in [2.45, 2.75) is 50.4 Å². The predicted octanol–water partition coefficient (Wildman–Crippen LogP) is 4.34. The molecule has 1 heterocycles. The molecule has 2 aliphatic rings. The van der Waals surface area contributed by atoms with E-state index in [1.807, 2.05) is 12.1 Å². The topological polar surface area (TPSA) is 40.5 Å².